The molecule has 2 bridgehead atoms. The van der Waals surface area contributed by atoms with Crippen molar-refractivity contribution in [3.05, 3.63) is 0 Å². The zero-order valence-corrected chi connectivity index (χ0v) is 11.0. The molecule has 0 saturated heterocycles. The number of nitrogens with one attached hydrogen (secondary N) is 1. The van der Waals surface area contributed by atoms with Crippen molar-refractivity contribution in [3.8, 4) is 0 Å². The molecule has 3 heteroatoms. The van der Waals surface area contributed by atoms with Crippen molar-refractivity contribution >= 4 is 5.91 Å². The second-order valence-electron chi connectivity index (χ2n) is 6.24. The van der Waals surface area contributed by atoms with Gasteiger partial charge >= 0.3 is 0 Å². The lowest BCUT2D eigenvalue weighted by atomic mass is 9.86. The molecule has 1 amide bonds. The van der Waals surface area contributed by atoms with Crippen LogP contribution in [0.1, 0.15) is 46.0 Å². The molecule has 2 aliphatic rings. The fourth-order valence-corrected chi connectivity index (χ4v) is 3.55. The van der Waals surface area contributed by atoms with Crippen molar-refractivity contribution < 1.29 is 9.90 Å². The molecule has 0 aliphatic heterocycles. The van der Waals surface area contributed by atoms with Crippen LogP contribution in [0.3, 0.4) is 0 Å². The second-order valence-corrected chi connectivity index (χ2v) is 6.24. The van der Waals surface area contributed by atoms with Gasteiger partial charge in [-0.1, -0.05) is 20.3 Å². The molecule has 2 aliphatic carbocycles. The van der Waals surface area contributed by atoms with E-state index >= 15 is 0 Å². The third-order valence-electron chi connectivity index (χ3n) is 4.68. The van der Waals surface area contributed by atoms with Crippen molar-refractivity contribution in [2.24, 2.45) is 23.7 Å². The highest BCUT2D eigenvalue weighted by atomic mass is 16.3. The number of hydrogen-bond acceptors (Lipinski definition) is 2. The summed E-state index contributed by atoms with van der Waals surface area (Å²) in [4.78, 5) is 11.9. The highest BCUT2D eigenvalue weighted by Gasteiger charge is 2.40. The first-order valence-corrected chi connectivity index (χ1v) is 7.00. The highest BCUT2D eigenvalue weighted by Crippen LogP contribution is 2.49. The summed E-state index contributed by atoms with van der Waals surface area (Å²) < 4.78 is 0. The molecule has 2 saturated carbocycles. The Hall–Kier alpha value is -0.570. The molecular weight excluding hydrogens is 214 g/mol. The van der Waals surface area contributed by atoms with Gasteiger partial charge in [-0.2, -0.15) is 0 Å². The van der Waals surface area contributed by atoms with Crippen molar-refractivity contribution in [2.45, 2.75) is 52.0 Å². The van der Waals surface area contributed by atoms with Crippen LogP contribution in [0.4, 0.5) is 0 Å². The summed E-state index contributed by atoms with van der Waals surface area (Å²) in [5, 5.41) is 12.2. The number of aliphatic hydroxyl groups excluding tert-OH is 1. The summed E-state index contributed by atoms with van der Waals surface area (Å²) in [7, 11) is 0. The van der Waals surface area contributed by atoms with Gasteiger partial charge < -0.3 is 10.4 Å². The van der Waals surface area contributed by atoms with E-state index in [1.807, 2.05) is 13.8 Å². The monoisotopic (exact) mass is 239 g/mol. The van der Waals surface area contributed by atoms with Gasteiger partial charge in [-0.15, -0.1) is 0 Å². The number of aliphatic hydroxyl groups is 1. The Labute approximate surface area is 104 Å². The summed E-state index contributed by atoms with van der Waals surface area (Å²) in [6.45, 7) is 4.09. The molecule has 3 nitrogen and oxygen atoms in total. The molecule has 2 fully saturated rings. The highest BCUT2D eigenvalue weighted by molar-refractivity contribution is 5.76. The van der Waals surface area contributed by atoms with Gasteiger partial charge in [-0.3, -0.25) is 4.79 Å². The van der Waals surface area contributed by atoms with Crippen LogP contribution >= 0.6 is 0 Å². The Kier molecular flexibility index (Phi) is 4.08. The number of carbonyl (C=O) groups is 1. The maximum Gasteiger partial charge on any atom is 0.220 e. The molecule has 17 heavy (non-hydrogen) atoms. The van der Waals surface area contributed by atoms with Crippen LogP contribution < -0.4 is 5.32 Å². The molecule has 0 heterocycles. The lowest BCUT2D eigenvalue weighted by Crippen LogP contribution is -2.42. The number of amides is 1. The van der Waals surface area contributed by atoms with Crippen LogP contribution in [0, 0.1) is 23.7 Å². The van der Waals surface area contributed by atoms with Crippen LogP contribution in [-0.4, -0.2) is 23.7 Å². The lowest BCUT2D eigenvalue weighted by Gasteiger charge is -2.24. The quantitative estimate of drug-likeness (QED) is 0.770. The first kappa shape index (κ1) is 12.9. The number of hydrogen-bond donors (Lipinski definition) is 2. The van der Waals surface area contributed by atoms with Gasteiger partial charge in [0.25, 0.3) is 0 Å². The molecule has 98 valence electrons. The molecule has 0 spiro atoms. The minimum Gasteiger partial charge on any atom is -0.394 e. The van der Waals surface area contributed by atoms with Crippen LogP contribution in [0.5, 0.6) is 0 Å². The fraction of sp³-hybridized carbons (Fsp3) is 0.929. The smallest absolute Gasteiger partial charge is 0.220 e. The third kappa shape index (κ3) is 3.01. The van der Waals surface area contributed by atoms with Crippen LogP contribution in [0.25, 0.3) is 0 Å². The largest absolute Gasteiger partial charge is 0.394 e. The van der Waals surface area contributed by atoms with Crippen LogP contribution in [-0.2, 0) is 4.79 Å². The topological polar surface area (TPSA) is 49.3 Å². The molecule has 0 aromatic carbocycles. The summed E-state index contributed by atoms with van der Waals surface area (Å²) in [5.41, 5.74) is 0. The molecule has 0 aromatic rings. The van der Waals surface area contributed by atoms with E-state index in [1.54, 1.807) is 0 Å². The van der Waals surface area contributed by atoms with Gasteiger partial charge in [0.05, 0.1) is 12.6 Å². The fourth-order valence-electron chi connectivity index (χ4n) is 3.55. The van der Waals surface area contributed by atoms with E-state index in [-0.39, 0.29) is 18.6 Å². The van der Waals surface area contributed by atoms with Crippen molar-refractivity contribution in [3.63, 3.8) is 0 Å². The molecule has 0 radical (unpaired) electrons. The van der Waals surface area contributed by atoms with Gasteiger partial charge in [0.2, 0.25) is 5.91 Å². The molecule has 3 unspecified atom stereocenters. The summed E-state index contributed by atoms with van der Waals surface area (Å²) in [5.74, 6) is 2.74. The zero-order valence-electron chi connectivity index (χ0n) is 11.0. The standard InChI is InChI=1S/C14H25NO2/c1-9(2)13(8-16)15-14(17)7-12-6-10-3-4-11(12)5-10/h9-13,16H,3-8H2,1-2H3,(H,15,17)/t10?,11?,12?,13-/m1/s1. The van der Waals surface area contributed by atoms with Crippen molar-refractivity contribution in [2.75, 3.05) is 6.61 Å². The third-order valence-corrected chi connectivity index (χ3v) is 4.68. The summed E-state index contributed by atoms with van der Waals surface area (Å²) in [6, 6.07) is -0.0823. The van der Waals surface area contributed by atoms with Crippen molar-refractivity contribution in [1.82, 2.24) is 5.32 Å². The second kappa shape index (κ2) is 5.38. The van der Waals surface area contributed by atoms with Crippen molar-refractivity contribution in [1.29, 1.82) is 0 Å². The normalized spacial score (nSPS) is 33.1. The van der Waals surface area contributed by atoms with Gasteiger partial charge in [0.15, 0.2) is 0 Å². The molecule has 2 rings (SSSR count). The molecular formula is C14H25NO2. The first-order valence-electron chi connectivity index (χ1n) is 7.00. The zero-order chi connectivity index (χ0) is 12.4. The van der Waals surface area contributed by atoms with Crippen LogP contribution in [0.15, 0.2) is 0 Å². The SMILES string of the molecule is CC(C)[C@@H](CO)NC(=O)CC1CC2CCC1C2. The van der Waals surface area contributed by atoms with Gasteiger partial charge in [0.1, 0.15) is 0 Å². The average Bonchev–Trinajstić information content (AvgIpc) is 2.87. The summed E-state index contributed by atoms with van der Waals surface area (Å²) in [6.07, 6.45) is 5.99. The predicted octanol–water partition coefficient (Wildman–Crippen LogP) is 1.95. The Morgan fingerprint density at radius 2 is 2.12 bits per heavy atom. The number of rotatable bonds is 5. The summed E-state index contributed by atoms with van der Waals surface area (Å²) >= 11 is 0. The Morgan fingerprint density at radius 1 is 1.35 bits per heavy atom. The Balaban J connectivity index is 1.77. The van der Waals surface area contributed by atoms with E-state index in [2.05, 4.69) is 5.32 Å². The Morgan fingerprint density at radius 3 is 2.59 bits per heavy atom. The minimum absolute atomic E-state index is 0.0418. The van der Waals surface area contributed by atoms with E-state index in [9.17, 15) is 9.90 Å². The average molecular weight is 239 g/mol. The molecule has 2 N–H and O–H groups in total. The van der Waals surface area contributed by atoms with E-state index in [0.717, 1.165) is 11.8 Å². The Bertz CT molecular complexity index is 277. The minimum atomic E-state index is -0.0823. The number of fused-ring (bicyclic) bond motifs is 2. The predicted molar refractivity (Wildman–Crippen MR) is 67.4 cm³/mol. The van der Waals surface area contributed by atoms with E-state index in [0.29, 0.717) is 18.3 Å². The maximum atomic E-state index is 11.9. The molecule has 0 aromatic heterocycles. The van der Waals surface area contributed by atoms with E-state index in [4.69, 9.17) is 0 Å². The van der Waals surface area contributed by atoms with E-state index in [1.165, 1.54) is 25.7 Å². The van der Waals surface area contributed by atoms with Gasteiger partial charge in [-0.25, -0.2) is 0 Å². The number of carbonyl (C=O) groups excluding carboxylic acids is 1. The first-order chi connectivity index (χ1) is 8.10. The molecule has 4 atom stereocenters. The lowest BCUT2D eigenvalue weighted by molar-refractivity contribution is -0.123. The van der Waals surface area contributed by atoms with Crippen LogP contribution in [0.2, 0.25) is 0 Å². The maximum absolute atomic E-state index is 11.9. The van der Waals surface area contributed by atoms with Gasteiger partial charge in [-0.05, 0) is 42.9 Å². The van der Waals surface area contributed by atoms with E-state index < -0.39 is 0 Å². The van der Waals surface area contributed by atoms with Gasteiger partial charge in [0, 0.05) is 6.42 Å².